The van der Waals surface area contributed by atoms with Crippen molar-refractivity contribution >= 4 is 0 Å². The first kappa shape index (κ1) is 17.4. The minimum absolute atomic E-state index is 0.532. The Kier molecular flexibility index (Phi) is 5.51. The lowest BCUT2D eigenvalue weighted by atomic mass is 9.78. The summed E-state index contributed by atoms with van der Waals surface area (Å²) in [5, 5.41) is 3.48. The van der Waals surface area contributed by atoms with Gasteiger partial charge in [-0.25, -0.2) is 0 Å². The van der Waals surface area contributed by atoms with Gasteiger partial charge in [0.25, 0.3) is 0 Å². The Morgan fingerprint density at radius 1 is 1.08 bits per heavy atom. The zero-order chi connectivity index (χ0) is 17.0. The molecule has 2 aliphatic rings. The van der Waals surface area contributed by atoms with Crippen molar-refractivity contribution < 1.29 is 14.2 Å². The largest absolute Gasteiger partial charge is 0.493 e. The third-order valence-electron chi connectivity index (χ3n) is 5.40. The van der Waals surface area contributed by atoms with E-state index in [4.69, 9.17) is 14.2 Å². The smallest absolute Gasteiger partial charge is 0.203 e. The zero-order valence-corrected chi connectivity index (χ0v) is 15.2. The van der Waals surface area contributed by atoms with Gasteiger partial charge in [0, 0.05) is 13.1 Å². The van der Waals surface area contributed by atoms with E-state index >= 15 is 0 Å². The first-order valence-electron chi connectivity index (χ1n) is 9.00. The standard InChI is InChI=1S/C19H30N2O3/c1-4-24-18-16(22-2)11-15(12-17(18)23-3)13-21-10-7-19(14-21)5-8-20-9-6-19/h11-12,20H,4-10,13-14H2,1-3H3. The van der Waals surface area contributed by atoms with Crippen molar-refractivity contribution in [2.75, 3.05) is 47.0 Å². The summed E-state index contributed by atoms with van der Waals surface area (Å²) in [5.41, 5.74) is 1.75. The lowest BCUT2D eigenvalue weighted by Gasteiger charge is -2.34. The van der Waals surface area contributed by atoms with Crippen LogP contribution in [0.15, 0.2) is 12.1 Å². The van der Waals surface area contributed by atoms with Gasteiger partial charge in [0.05, 0.1) is 20.8 Å². The Bertz CT molecular complexity index is 531. The van der Waals surface area contributed by atoms with Gasteiger partial charge in [-0.3, -0.25) is 4.90 Å². The van der Waals surface area contributed by atoms with Crippen molar-refractivity contribution in [3.8, 4) is 17.2 Å². The highest BCUT2D eigenvalue weighted by Gasteiger charge is 2.38. The molecular weight excluding hydrogens is 304 g/mol. The number of nitrogens with one attached hydrogen (secondary N) is 1. The molecule has 2 heterocycles. The van der Waals surface area contributed by atoms with Crippen LogP contribution in [0, 0.1) is 5.41 Å². The molecule has 0 unspecified atom stereocenters. The number of benzene rings is 1. The third-order valence-corrected chi connectivity index (χ3v) is 5.40. The molecule has 0 aromatic heterocycles. The molecule has 134 valence electrons. The van der Waals surface area contributed by atoms with Crippen molar-refractivity contribution in [3.63, 3.8) is 0 Å². The van der Waals surface area contributed by atoms with Crippen LogP contribution in [0.2, 0.25) is 0 Å². The van der Waals surface area contributed by atoms with E-state index in [1.165, 1.54) is 51.0 Å². The second-order valence-corrected chi connectivity index (χ2v) is 6.97. The molecule has 2 saturated heterocycles. The van der Waals surface area contributed by atoms with Crippen molar-refractivity contribution in [2.45, 2.75) is 32.7 Å². The number of methoxy groups -OCH3 is 2. The number of hydrogen-bond donors (Lipinski definition) is 1. The van der Waals surface area contributed by atoms with Gasteiger partial charge in [-0.1, -0.05) is 0 Å². The van der Waals surface area contributed by atoms with Gasteiger partial charge in [-0.05, 0) is 68.9 Å². The number of nitrogens with zero attached hydrogens (tertiary/aromatic N) is 1. The Morgan fingerprint density at radius 3 is 2.33 bits per heavy atom. The number of piperidine rings is 1. The Hall–Kier alpha value is -1.46. The van der Waals surface area contributed by atoms with Crippen LogP contribution in [-0.4, -0.2) is 51.9 Å². The van der Waals surface area contributed by atoms with Crippen LogP contribution in [-0.2, 0) is 6.54 Å². The van der Waals surface area contributed by atoms with Crippen LogP contribution >= 0.6 is 0 Å². The van der Waals surface area contributed by atoms with E-state index in [2.05, 4.69) is 22.3 Å². The monoisotopic (exact) mass is 334 g/mol. The molecule has 3 rings (SSSR count). The zero-order valence-electron chi connectivity index (χ0n) is 15.2. The Balaban J connectivity index is 1.73. The molecule has 0 bridgehead atoms. The fraction of sp³-hybridized carbons (Fsp3) is 0.684. The number of hydrogen-bond acceptors (Lipinski definition) is 5. The van der Waals surface area contributed by atoms with Crippen molar-refractivity contribution in [1.82, 2.24) is 10.2 Å². The first-order chi connectivity index (χ1) is 11.7. The molecule has 0 atom stereocenters. The molecule has 5 heteroatoms. The maximum atomic E-state index is 5.69. The average Bonchev–Trinajstić information content (AvgIpc) is 2.98. The van der Waals surface area contributed by atoms with Crippen LogP contribution in [0.3, 0.4) is 0 Å². The van der Waals surface area contributed by atoms with Gasteiger partial charge in [0.1, 0.15) is 0 Å². The molecule has 0 radical (unpaired) electrons. The van der Waals surface area contributed by atoms with Crippen LogP contribution in [0.5, 0.6) is 17.2 Å². The second-order valence-electron chi connectivity index (χ2n) is 6.97. The fourth-order valence-corrected chi connectivity index (χ4v) is 4.10. The van der Waals surface area contributed by atoms with Crippen molar-refractivity contribution in [2.24, 2.45) is 5.41 Å². The minimum Gasteiger partial charge on any atom is -0.493 e. The predicted molar refractivity (Wildman–Crippen MR) is 95.1 cm³/mol. The molecule has 5 nitrogen and oxygen atoms in total. The molecule has 0 aliphatic carbocycles. The highest BCUT2D eigenvalue weighted by atomic mass is 16.5. The van der Waals surface area contributed by atoms with E-state index in [9.17, 15) is 0 Å². The molecule has 1 N–H and O–H groups in total. The number of ether oxygens (including phenoxy) is 3. The third kappa shape index (κ3) is 3.62. The van der Waals surface area contributed by atoms with E-state index in [1.807, 2.05) is 6.92 Å². The second kappa shape index (κ2) is 7.62. The van der Waals surface area contributed by atoms with Crippen LogP contribution in [0.4, 0.5) is 0 Å². The fourth-order valence-electron chi connectivity index (χ4n) is 4.10. The number of rotatable bonds is 6. The van der Waals surface area contributed by atoms with E-state index in [0.717, 1.165) is 18.0 Å². The molecule has 0 amide bonds. The molecule has 1 aromatic rings. The molecule has 0 saturated carbocycles. The number of likely N-dealkylation sites (tertiary alicyclic amines) is 1. The Labute approximate surface area is 145 Å². The summed E-state index contributed by atoms with van der Waals surface area (Å²) < 4.78 is 16.7. The van der Waals surface area contributed by atoms with E-state index in [1.54, 1.807) is 14.2 Å². The van der Waals surface area contributed by atoms with Crippen LogP contribution in [0.1, 0.15) is 31.7 Å². The summed E-state index contributed by atoms with van der Waals surface area (Å²) in [6.07, 6.45) is 3.93. The highest BCUT2D eigenvalue weighted by Crippen LogP contribution is 2.41. The van der Waals surface area contributed by atoms with Crippen LogP contribution in [0.25, 0.3) is 0 Å². The minimum atomic E-state index is 0.532. The molecule has 1 spiro atoms. The topological polar surface area (TPSA) is 43.0 Å². The normalized spacial score (nSPS) is 20.3. The van der Waals surface area contributed by atoms with E-state index in [0.29, 0.717) is 17.8 Å². The lowest BCUT2D eigenvalue weighted by Crippen LogP contribution is -2.38. The summed E-state index contributed by atoms with van der Waals surface area (Å²) in [4.78, 5) is 2.57. The Morgan fingerprint density at radius 2 is 1.75 bits per heavy atom. The van der Waals surface area contributed by atoms with Gasteiger partial charge >= 0.3 is 0 Å². The molecule has 2 aliphatic heterocycles. The predicted octanol–water partition coefficient (Wildman–Crippen LogP) is 2.68. The van der Waals surface area contributed by atoms with Gasteiger partial charge in [-0.2, -0.15) is 0 Å². The van der Waals surface area contributed by atoms with Crippen molar-refractivity contribution in [3.05, 3.63) is 17.7 Å². The SMILES string of the molecule is CCOc1c(OC)cc(CN2CCC3(CCNCC3)C2)cc1OC. The highest BCUT2D eigenvalue weighted by molar-refractivity contribution is 5.53. The maximum Gasteiger partial charge on any atom is 0.203 e. The molecular formula is C19H30N2O3. The van der Waals surface area contributed by atoms with Gasteiger partial charge < -0.3 is 19.5 Å². The van der Waals surface area contributed by atoms with Gasteiger partial charge in [0.15, 0.2) is 11.5 Å². The quantitative estimate of drug-likeness (QED) is 0.866. The maximum absolute atomic E-state index is 5.69. The van der Waals surface area contributed by atoms with Gasteiger partial charge in [-0.15, -0.1) is 0 Å². The van der Waals surface area contributed by atoms with Crippen LogP contribution < -0.4 is 19.5 Å². The summed E-state index contributed by atoms with van der Waals surface area (Å²) in [7, 11) is 3.36. The van der Waals surface area contributed by atoms with E-state index in [-0.39, 0.29) is 0 Å². The van der Waals surface area contributed by atoms with E-state index < -0.39 is 0 Å². The summed E-state index contributed by atoms with van der Waals surface area (Å²) in [6, 6.07) is 4.17. The summed E-state index contributed by atoms with van der Waals surface area (Å²) in [6.45, 7) is 8.21. The average molecular weight is 334 g/mol. The lowest BCUT2D eigenvalue weighted by molar-refractivity contribution is 0.193. The van der Waals surface area contributed by atoms with Gasteiger partial charge in [0.2, 0.25) is 5.75 Å². The summed E-state index contributed by atoms with van der Waals surface area (Å²) in [5.74, 6) is 2.20. The molecule has 1 aromatic carbocycles. The summed E-state index contributed by atoms with van der Waals surface area (Å²) >= 11 is 0. The first-order valence-corrected chi connectivity index (χ1v) is 9.00. The molecule has 2 fully saturated rings. The van der Waals surface area contributed by atoms with Crippen molar-refractivity contribution in [1.29, 1.82) is 0 Å². The molecule has 24 heavy (non-hydrogen) atoms.